The number of amides is 2. The normalized spacial score (nSPS) is 12.4. The fourth-order valence-electron chi connectivity index (χ4n) is 4.73. The molecule has 0 fully saturated rings. The number of rotatable bonds is 11. The van der Waals surface area contributed by atoms with Crippen LogP contribution in [0.1, 0.15) is 42.4 Å². The molecule has 0 bridgehead atoms. The number of benzene rings is 3. The SMILES string of the molecule is Cc1cccc(OCCCC(=O)N2CCCc3c(-c4cccc(COC(=O)NCCC(=O)O)c4)cccc32)c1Cl. The third-order valence-corrected chi connectivity index (χ3v) is 7.20. The van der Waals surface area contributed by atoms with E-state index in [1.54, 1.807) is 0 Å². The number of halogens is 1. The van der Waals surface area contributed by atoms with E-state index >= 15 is 0 Å². The number of nitrogens with zero attached hydrogens (tertiary/aromatic N) is 1. The van der Waals surface area contributed by atoms with E-state index < -0.39 is 12.1 Å². The van der Waals surface area contributed by atoms with Gasteiger partial charge in [0, 0.05) is 25.2 Å². The highest BCUT2D eigenvalue weighted by atomic mass is 35.5. The van der Waals surface area contributed by atoms with Crippen molar-refractivity contribution in [2.24, 2.45) is 0 Å². The van der Waals surface area contributed by atoms with Crippen LogP contribution in [0.15, 0.2) is 60.7 Å². The summed E-state index contributed by atoms with van der Waals surface area (Å²) in [6, 6.07) is 19.4. The lowest BCUT2D eigenvalue weighted by atomic mass is 9.91. The number of carbonyl (C=O) groups is 3. The Hall–Kier alpha value is -4.04. The first-order chi connectivity index (χ1) is 19.3. The van der Waals surface area contributed by atoms with Crippen LogP contribution < -0.4 is 15.0 Å². The van der Waals surface area contributed by atoms with Crippen LogP contribution >= 0.6 is 11.6 Å². The molecule has 0 saturated heterocycles. The molecule has 40 heavy (non-hydrogen) atoms. The number of alkyl carbamates (subject to hydrolysis) is 1. The highest BCUT2D eigenvalue weighted by molar-refractivity contribution is 6.32. The number of carboxylic acids is 1. The molecular weight excluding hydrogens is 532 g/mol. The highest BCUT2D eigenvalue weighted by Crippen LogP contribution is 2.36. The van der Waals surface area contributed by atoms with Crippen LogP contribution in [0, 0.1) is 6.92 Å². The molecule has 8 nitrogen and oxygen atoms in total. The molecule has 3 aromatic carbocycles. The second kappa shape index (κ2) is 13.8. The molecule has 0 aromatic heterocycles. The van der Waals surface area contributed by atoms with Crippen molar-refractivity contribution in [2.75, 3.05) is 24.6 Å². The minimum absolute atomic E-state index is 0.00762. The first kappa shape index (κ1) is 29.0. The second-order valence-corrected chi connectivity index (χ2v) is 10.0. The molecule has 0 radical (unpaired) electrons. The van der Waals surface area contributed by atoms with E-state index in [-0.39, 0.29) is 25.5 Å². The maximum Gasteiger partial charge on any atom is 0.407 e. The van der Waals surface area contributed by atoms with E-state index in [1.165, 1.54) is 0 Å². The van der Waals surface area contributed by atoms with Crippen LogP contribution in [0.3, 0.4) is 0 Å². The lowest BCUT2D eigenvalue weighted by molar-refractivity contribution is -0.136. The standard InChI is InChI=1S/C31H33ClN2O6/c1-21-7-2-13-27(30(21)32)39-18-6-14-28(35)34-17-5-11-25-24(10-4-12-26(25)34)23-9-3-8-22(19-23)20-40-31(38)33-16-15-29(36)37/h2-4,7-10,12-13,19H,5-6,11,14-18,20H2,1H3,(H,33,38)(H,36,37). The Morgan fingerprint density at radius 1 is 1.05 bits per heavy atom. The molecule has 1 aliphatic rings. The predicted octanol–water partition coefficient (Wildman–Crippen LogP) is 6.15. The summed E-state index contributed by atoms with van der Waals surface area (Å²) in [6.07, 6.45) is 1.85. The van der Waals surface area contributed by atoms with Gasteiger partial charge in [0.05, 0.1) is 18.1 Å². The first-order valence-corrected chi connectivity index (χ1v) is 13.7. The Morgan fingerprint density at radius 2 is 1.85 bits per heavy atom. The van der Waals surface area contributed by atoms with E-state index in [0.717, 1.165) is 46.3 Å². The number of aliphatic carboxylic acids is 1. The van der Waals surface area contributed by atoms with Gasteiger partial charge in [0.15, 0.2) is 0 Å². The fourth-order valence-corrected chi connectivity index (χ4v) is 4.91. The van der Waals surface area contributed by atoms with Crippen LogP contribution in [0.5, 0.6) is 5.75 Å². The number of carboxylic acid groups (broad SMARTS) is 1. The zero-order chi connectivity index (χ0) is 28.5. The predicted molar refractivity (Wildman–Crippen MR) is 154 cm³/mol. The number of hydrogen-bond donors (Lipinski definition) is 2. The Balaban J connectivity index is 1.38. The molecule has 1 heterocycles. The molecule has 0 unspecified atom stereocenters. The second-order valence-electron chi connectivity index (χ2n) is 9.64. The van der Waals surface area contributed by atoms with Crippen molar-refractivity contribution in [3.05, 3.63) is 82.4 Å². The van der Waals surface area contributed by atoms with E-state index in [0.29, 0.717) is 36.8 Å². The Bertz CT molecular complexity index is 1380. The van der Waals surface area contributed by atoms with Gasteiger partial charge in [-0.2, -0.15) is 0 Å². The largest absolute Gasteiger partial charge is 0.492 e. The number of hydrogen-bond acceptors (Lipinski definition) is 5. The molecule has 2 N–H and O–H groups in total. The molecule has 0 atom stereocenters. The minimum Gasteiger partial charge on any atom is -0.492 e. The van der Waals surface area contributed by atoms with Crippen molar-refractivity contribution in [3.63, 3.8) is 0 Å². The Kier molecular flexibility index (Phi) is 10.0. The number of carbonyl (C=O) groups excluding carboxylic acids is 2. The molecule has 0 aliphatic carbocycles. The van der Waals surface area contributed by atoms with Crippen molar-refractivity contribution in [3.8, 4) is 16.9 Å². The third-order valence-electron chi connectivity index (χ3n) is 6.72. The van der Waals surface area contributed by atoms with Gasteiger partial charge in [0.1, 0.15) is 12.4 Å². The van der Waals surface area contributed by atoms with E-state index in [1.807, 2.05) is 72.5 Å². The summed E-state index contributed by atoms with van der Waals surface area (Å²) in [7, 11) is 0. The number of fused-ring (bicyclic) bond motifs is 1. The average molecular weight is 565 g/mol. The van der Waals surface area contributed by atoms with Crippen LogP contribution in [0.2, 0.25) is 5.02 Å². The molecule has 1 aliphatic heterocycles. The molecule has 0 spiro atoms. The van der Waals surface area contributed by atoms with Crippen LogP contribution in [0.25, 0.3) is 11.1 Å². The van der Waals surface area contributed by atoms with Crippen molar-refractivity contribution in [1.82, 2.24) is 5.32 Å². The van der Waals surface area contributed by atoms with Gasteiger partial charge in [-0.1, -0.05) is 54.1 Å². The quantitative estimate of drug-likeness (QED) is 0.270. The molecular formula is C31H33ClN2O6. The monoisotopic (exact) mass is 564 g/mol. The maximum atomic E-state index is 13.2. The summed E-state index contributed by atoms with van der Waals surface area (Å²) < 4.78 is 11.1. The van der Waals surface area contributed by atoms with Gasteiger partial charge in [0.2, 0.25) is 5.91 Å². The smallest absolute Gasteiger partial charge is 0.407 e. The third kappa shape index (κ3) is 7.54. The average Bonchev–Trinajstić information content (AvgIpc) is 2.95. The van der Waals surface area contributed by atoms with Crippen molar-refractivity contribution < 1.29 is 29.0 Å². The van der Waals surface area contributed by atoms with E-state index in [2.05, 4.69) is 5.32 Å². The fraction of sp³-hybridized carbons (Fsp3) is 0.323. The number of anilines is 1. The van der Waals surface area contributed by atoms with Gasteiger partial charge < -0.3 is 24.8 Å². The van der Waals surface area contributed by atoms with Gasteiger partial charge >= 0.3 is 12.1 Å². The Morgan fingerprint density at radius 3 is 2.67 bits per heavy atom. The van der Waals surface area contributed by atoms with Crippen LogP contribution in [0.4, 0.5) is 10.5 Å². The lowest BCUT2D eigenvalue weighted by Crippen LogP contribution is -2.35. The summed E-state index contributed by atoms with van der Waals surface area (Å²) in [6.45, 7) is 3.07. The molecule has 9 heteroatoms. The zero-order valence-corrected chi connectivity index (χ0v) is 23.2. The maximum absolute atomic E-state index is 13.2. The summed E-state index contributed by atoms with van der Waals surface area (Å²) in [5, 5.41) is 11.7. The van der Waals surface area contributed by atoms with Crippen LogP contribution in [-0.4, -0.2) is 42.8 Å². The summed E-state index contributed by atoms with van der Waals surface area (Å²) in [4.78, 5) is 37.5. The van der Waals surface area contributed by atoms with Gasteiger partial charge in [-0.3, -0.25) is 9.59 Å². The molecule has 2 amide bonds. The lowest BCUT2D eigenvalue weighted by Gasteiger charge is -2.31. The molecule has 3 aromatic rings. The summed E-state index contributed by atoms with van der Waals surface area (Å²) >= 11 is 6.30. The number of nitrogens with one attached hydrogen (secondary N) is 1. The van der Waals surface area contributed by atoms with Gasteiger partial charge in [-0.05, 0) is 72.2 Å². The topological polar surface area (TPSA) is 105 Å². The molecule has 210 valence electrons. The van der Waals surface area contributed by atoms with Crippen LogP contribution in [-0.2, 0) is 27.4 Å². The number of aryl methyl sites for hydroxylation is 1. The van der Waals surface area contributed by atoms with Gasteiger partial charge in [-0.15, -0.1) is 0 Å². The summed E-state index contributed by atoms with van der Waals surface area (Å²) in [5.74, 6) is -0.293. The summed E-state index contributed by atoms with van der Waals surface area (Å²) in [5.41, 5.74) is 5.82. The van der Waals surface area contributed by atoms with Crippen molar-refractivity contribution in [2.45, 2.75) is 45.6 Å². The Labute approximate surface area is 238 Å². The van der Waals surface area contributed by atoms with Gasteiger partial charge in [-0.25, -0.2) is 4.79 Å². The number of ether oxygens (including phenoxy) is 2. The van der Waals surface area contributed by atoms with Crippen molar-refractivity contribution in [1.29, 1.82) is 0 Å². The highest BCUT2D eigenvalue weighted by Gasteiger charge is 2.24. The molecule has 0 saturated carbocycles. The minimum atomic E-state index is -0.989. The van der Waals surface area contributed by atoms with Crippen molar-refractivity contribution >= 4 is 35.3 Å². The van der Waals surface area contributed by atoms with Gasteiger partial charge in [0.25, 0.3) is 0 Å². The first-order valence-electron chi connectivity index (χ1n) is 13.4. The van der Waals surface area contributed by atoms with E-state index in [4.69, 9.17) is 26.2 Å². The zero-order valence-electron chi connectivity index (χ0n) is 22.5. The van der Waals surface area contributed by atoms with E-state index in [9.17, 15) is 14.4 Å². The molecule has 4 rings (SSSR count).